The fourth-order valence-electron chi connectivity index (χ4n) is 3.41. The van der Waals surface area contributed by atoms with Gasteiger partial charge < -0.3 is 19.6 Å². The fraction of sp³-hybridized carbons (Fsp3) is 0.625. The van der Waals surface area contributed by atoms with Gasteiger partial charge in [-0.05, 0) is 18.9 Å². The van der Waals surface area contributed by atoms with Crippen molar-refractivity contribution in [1.29, 1.82) is 0 Å². The Morgan fingerprint density at radius 3 is 2.54 bits per heavy atom. The highest BCUT2D eigenvalue weighted by molar-refractivity contribution is 5.93. The smallest absolute Gasteiger partial charge is 0.475 e. The number of aliphatic carboxylic acids is 1. The van der Waals surface area contributed by atoms with Crippen LogP contribution in [-0.4, -0.2) is 89.0 Å². The maximum absolute atomic E-state index is 12.6. The van der Waals surface area contributed by atoms with E-state index in [1.165, 1.54) is 0 Å². The molecule has 3 rings (SSSR count). The van der Waals surface area contributed by atoms with Gasteiger partial charge >= 0.3 is 12.1 Å². The molecule has 2 saturated heterocycles. The first-order chi connectivity index (χ1) is 13.0. The molecule has 0 aromatic carbocycles. The van der Waals surface area contributed by atoms with Crippen LogP contribution in [0.1, 0.15) is 23.3 Å². The van der Waals surface area contributed by atoms with Crippen molar-refractivity contribution < 1.29 is 37.4 Å². The number of hydrogen-bond donors (Lipinski definition) is 2. The van der Waals surface area contributed by atoms with E-state index in [4.69, 9.17) is 14.6 Å². The van der Waals surface area contributed by atoms with E-state index in [1.54, 1.807) is 36.2 Å². The molecule has 0 radical (unpaired) electrons. The van der Waals surface area contributed by atoms with Crippen LogP contribution in [0.3, 0.4) is 0 Å². The van der Waals surface area contributed by atoms with Crippen LogP contribution < -0.4 is 0 Å². The van der Waals surface area contributed by atoms with Crippen LogP contribution in [0.5, 0.6) is 0 Å². The molecule has 2 amide bonds. The molecule has 2 aliphatic rings. The summed E-state index contributed by atoms with van der Waals surface area (Å²) in [5.74, 6) is -2.82. The number of alkyl halides is 3. The average Bonchev–Trinajstić information content (AvgIpc) is 3.29. The Labute approximate surface area is 158 Å². The summed E-state index contributed by atoms with van der Waals surface area (Å²) in [7, 11) is 3.50. The van der Waals surface area contributed by atoms with Crippen molar-refractivity contribution in [2.75, 3.05) is 33.8 Å². The molecule has 9 nitrogen and oxygen atoms in total. The molecule has 2 aliphatic heterocycles. The highest BCUT2D eigenvalue weighted by atomic mass is 19.4. The number of carboxylic acid groups (broad SMARTS) is 1. The SMILES string of the molecule is CN(C)C(=O)[C@@]12CCO[C@@H]1CCN(C(=O)c1ccn[nH]1)C2.O=C(O)C(F)(F)F. The van der Waals surface area contributed by atoms with Gasteiger partial charge in [0.2, 0.25) is 5.91 Å². The number of aromatic nitrogens is 2. The third kappa shape index (κ3) is 4.43. The lowest BCUT2D eigenvalue weighted by Gasteiger charge is -2.43. The van der Waals surface area contributed by atoms with Crippen LogP contribution in [0, 0.1) is 5.41 Å². The molecule has 2 atom stereocenters. The zero-order chi connectivity index (χ0) is 21.1. The zero-order valence-corrected chi connectivity index (χ0v) is 15.3. The van der Waals surface area contributed by atoms with E-state index < -0.39 is 17.6 Å². The summed E-state index contributed by atoms with van der Waals surface area (Å²) >= 11 is 0. The van der Waals surface area contributed by atoms with Crippen molar-refractivity contribution in [3.63, 3.8) is 0 Å². The second kappa shape index (κ2) is 8.17. The molecule has 156 valence electrons. The van der Waals surface area contributed by atoms with Gasteiger partial charge in [0, 0.05) is 40.0 Å². The first-order valence-electron chi connectivity index (χ1n) is 8.41. The maximum Gasteiger partial charge on any atom is 0.490 e. The van der Waals surface area contributed by atoms with Gasteiger partial charge in [-0.2, -0.15) is 18.3 Å². The Bertz CT molecular complexity index is 722. The van der Waals surface area contributed by atoms with E-state index in [9.17, 15) is 22.8 Å². The lowest BCUT2D eigenvalue weighted by molar-refractivity contribution is -0.192. The summed E-state index contributed by atoms with van der Waals surface area (Å²) in [4.78, 5) is 37.4. The molecule has 3 heterocycles. The summed E-state index contributed by atoms with van der Waals surface area (Å²) in [6, 6.07) is 1.65. The average molecular weight is 406 g/mol. The first kappa shape index (κ1) is 21.7. The third-order valence-corrected chi connectivity index (χ3v) is 4.71. The van der Waals surface area contributed by atoms with E-state index in [2.05, 4.69) is 10.2 Å². The van der Waals surface area contributed by atoms with Gasteiger partial charge in [0.1, 0.15) is 5.69 Å². The van der Waals surface area contributed by atoms with E-state index in [0.717, 1.165) is 0 Å². The molecule has 0 saturated carbocycles. The number of piperidine rings is 1. The lowest BCUT2D eigenvalue weighted by atomic mass is 9.75. The number of halogens is 3. The van der Waals surface area contributed by atoms with Gasteiger partial charge in [0.15, 0.2) is 0 Å². The van der Waals surface area contributed by atoms with Crippen molar-refractivity contribution in [3.8, 4) is 0 Å². The summed E-state index contributed by atoms with van der Waals surface area (Å²) in [5.41, 5.74) is -0.142. The number of nitrogens with one attached hydrogen (secondary N) is 1. The number of carbonyl (C=O) groups is 3. The zero-order valence-electron chi connectivity index (χ0n) is 15.3. The Hall–Kier alpha value is -2.63. The summed E-state index contributed by atoms with van der Waals surface area (Å²) in [6.07, 6.45) is -2.25. The van der Waals surface area contributed by atoms with Crippen LogP contribution in [0.15, 0.2) is 12.3 Å². The Kier molecular flexibility index (Phi) is 6.32. The maximum atomic E-state index is 12.6. The second-order valence-electron chi connectivity index (χ2n) is 6.75. The topological polar surface area (TPSA) is 116 Å². The molecule has 0 spiro atoms. The van der Waals surface area contributed by atoms with Crippen LogP contribution >= 0.6 is 0 Å². The quantitative estimate of drug-likeness (QED) is 0.749. The molecule has 0 aliphatic carbocycles. The summed E-state index contributed by atoms with van der Waals surface area (Å²) < 4.78 is 37.5. The number of nitrogens with zero attached hydrogens (tertiary/aromatic N) is 3. The van der Waals surface area contributed by atoms with Crippen molar-refractivity contribution in [2.24, 2.45) is 5.41 Å². The molecular formula is C16H21F3N4O5. The number of carbonyl (C=O) groups excluding carboxylic acids is 2. The Morgan fingerprint density at radius 1 is 1.39 bits per heavy atom. The van der Waals surface area contributed by atoms with Gasteiger partial charge in [0.05, 0.1) is 11.5 Å². The third-order valence-electron chi connectivity index (χ3n) is 4.71. The summed E-state index contributed by atoms with van der Waals surface area (Å²) in [6.45, 7) is 1.59. The fourth-order valence-corrected chi connectivity index (χ4v) is 3.41. The number of amides is 2. The highest BCUT2D eigenvalue weighted by Crippen LogP contribution is 2.42. The normalized spacial score (nSPS) is 24.0. The summed E-state index contributed by atoms with van der Waals surface area (Å²) in [5, 5.41) is 13.6. The van der Waals surface area contributed by atoms with E-state index in [-0.39, 0.29) is 17.9 Å². The van der Waals surface area contributed by atoms with E-state index in [0.29, 0.717) is 38.2 Å². The first-order valence-corrected chi connectivity index (χ1v) is 8.41. The number of ether oxygens (including phenoxy) is 1. The van der Waals surface area contributed by atoms with E-state index in [1.807, 2.05) is 0 Å². The monoisotopic (exact) mass is 406 g/mol. The van der Waals surface area contributed by atoms with Crippen LogP contribution in [0.25, 0.3) is 0 Å². The van der Waals surface area contributed by atoms with Crippen LogP contribution in [-0.2, 0) is 14.3 Å². The standard InChI is InChI=1S/C14H20N4O3.C2HF3O2/c1-17(2)13(20)14-5-8-21-11(14)4-7-18(9-14)12(19)10-3-6-15-16-10;3-2(4,5)1(6)7/h3,6,11H,4-5,7-9H2,1-2H3,(H,15,16);(H,6,7)/t11-,14-;/m1./s1. The van der Waals surface area contributed by atoms with Gasteiger partial charge in [-0.1, -0.05) is 0 Å². The number of aromatic amines is 1. The molecular weight excluding hydrogens is 385 g/mol. The number of fused-ring (bicyclic) bond motifs is 1. The molecule has 2 N–H and O–H groups in total. The minimum atomic E-state index is -5.08. The van der Waals surface area contributed by atoms with Crippen molar-refractivity contribution in [1.82, 2.24) is 20.0 Å². The molecule has 12 heteroatoms. The lowest BCUT2D eigenvalue weighted by Crippen LogP contribution is -2.58. The predicted molar refractivity (Wildman–Crippen MR) is 88.3 cm³/mol. The molecule has 1 aromatic heterocycles. The van der Waals surface area contributed by atoms with Crippen molar-refractivity contribution in [2.45, 2.75) is 25.1 Å². The van der Waals surface area contributed by atoms with Crippen molar-refractivity contribution in [3.05, 3.63) is 18.0 Å². The molecule has 2 fully saturated rings. The number of rotatable bonds is 2. The Morgan fingerprint density at radius 2 is 2.04 bits per heavy atom. The minimum absolute atomic E-state index is 0.0483. The number of carboxylic acids is 1. The molecule has 28 heavy (non-hydrogen) atoms. The Balaban J connectivity index is 0.000000345. The van der Waals surface area contributed by atoms with Crippen molar-refractivity contribution >= 4 is 17.8 Å². The minimum Gasteiger partial charge on any atom is -0.475 e. The number of likely N-dealkylation sites (tertiary alicyclic amines) is 1. The molecule has 0 bridgehead atoms. The van der Waals surface area contributed by atoms with E-state index >= 15 is 0 Å². The van der Waals surface area contributed by atoms with Gasteiger partial charge in [0.25, 0.3) is 5.91 Å². The largest absolute Gasteiger partial charge is 0.490 e. The van der Waals surface area contributed by atoms with Gasteiger partial charge in [-0.25, -0.2) is 4.79 Å². The number of H-pyrrole nitrogens is 1. The molecule has 1 aromatic rings. The number of hydrogen-bond acceptors (Lipinski definition) is 5. The van der Waals surface area contributed by atoms with Crippen LogP contribution in [0.4, 0.5) is 13.2 Å². The van der Waals surface area contributed by atoms with Gasteiger partial charge in [-0.3, -0.25) is 14.7 Å². The second-order valence-corrected chi connectivity index (χ2v) is 6.75. The van der Waals surface area contributed by atoms with Gasteiger partial charge in [-0.15, -0.1) is 0 Å². The van der Waals surface area contributed by atoms with Crippen LogP contribution in [0.2, 0.25) is 0 Å². The predicted octanol–water partition coefficient (Wildman–Crippen LogP) is 0.752. The molecule has 0 unspecified atom stereocenters. The highest BCUT2D eigenvalue weighted by Gasteiger charge is 2.54.